The number of nitrogens with zero attached hydrogens (tertiary/aromatic N) is 1. The SMILES string of the molecule is CCC1CCCCC1C(Cc1ccc(OC)nc1)NN. The molecule has 0 aromatic carbocycles. The second-order valence-corrected chi connectivity index (χ2v) is 5.80. The number of hydrogen-bond donors (Lipinski definition) is 2. The third kappa shape index (κ3) is 3.70. The molecule has 1 saturated carbocycles. The number of ether oxygens (including phenoxy) is 1. The summed E-state index contributed by atoms with van der Waals surface area (Å²) in [6.45, 7) is 2.30. The zero-order valence-corrected chi connectivity index (χ0v) is 12.6. The van der Waals surface area contributed by atoms with E-state index in [9.17, 15) is 0 Å². The van der Waals surface area contributed by atoms with Crippen LogP contribution in [0.4, 0.5) is 0 Å². The molecule has 1 heterocycles. The van der Waals surface area contributed by atoms with Gasteiger partial charge in [-0.25, -0.2) is 4.98 Å². The summed E-state index contributed by atoms with van der Waals surface area (Å²) in [7, 11) is 1.64. The minimum atomic E-state index is 0.343. The van der Waals surface area contributed by atoms with Crippen molar-refractivity contribution in [2.75, 3.05) is 7.11 Å². The van der Waals surface area contributed by atoms with Gasteiger partial charge in [-0.1, -0.05) is 38.7 Å². The molecule has 4 heteroatoms. The van der Waals surface area contributed by atoms with E-state index in [1.165, 1.54) is 37.7 Å². The molecular weight excluding hydrogens is 250 g/mol. The first-order valence-electron chi connectivity index (χ1n) is 7.73. The fraction of sp³-hybridized carbons (Fsp3) is 0.688. The minimum Gasteiger partial charge on any atom is -0.481 e. The van der Waals surface area contributed by atoms with Gasteiger partial charge in [0.25, 0.3) is 0 Å². The van der Waals surface area contributed by atoms with Crippen LogP contribution in [0.5, 0.6) is 5.88 Å². The summed E-state index contributed by atoms with van der Waals surface area (Å²) < 4.78 is 5.10. The van der Waals surface area contributed by atoms with Gasteiger partial charge in [0.15, 0.2) is 0 Å². The van der Waals surface area contributed by atoms with Crippen LogP contribution < -0.4 is 16.0 Å². The van der Waals surface area contributed by atoms with Gasteiger partial charge < -0.3 is 4.74 Å². The Morgan fingerprint density at radius 3 is 2.80 bits per heavy atom. The molecule has 3 atom stereocenters. The monoisotopic (exact) mass is 277 g/mol. The average Bonchev–Trinajstić information content (AvgIpc) is 2.53. The summed E-state index contributed by atoms with van der Waals surface area (Å²) in [6, 6.07) is 4.34. The number of nitrogens with two attached hydrogens (primary N) is 1. The Bertz CT molecular complexity index is 393. The summed E-state index contributed by atoms with van der Waals surface area (Å²) in [5, 5.41) is 0. The van der Waals surface area contributed by atoms with E-state index >= 15 is 0 Å². The van der Waals surface area contributed by atoms with Crippen molar-refractivity contribution in [2.45, 2.75) is 51.5 Å². The maximum atomic E-state index is 5.83. The summed E-state index contributed by atoms with van der Waals surface area (Å²) in [5.74, 6) is 7.97. The first-order chi connectivity index (χ1) is 9.78. The summed E-state index contributed by atoms with van der Waals surface area (Å²) in [6.07, 6.45) is 9.43. The largest absolute Gasteiger partial charge is 0.481 e. The molecule has 1 aliphatic carbocycles. The molecular formula is C16H27N3O. The van der Waals surface area contributed by atoms with E-state index in [0.717, 1.165) is 12.3 Å². The van der Waals surface area contributed by atoms with Crippen LogP contribution in [0.1, 0.15) is 44.6 Å². The Labute approximate surface area is 122 Å². The summed E-state index contributed by atoms with van der Waals surface area (Å²) in [5.41, 5.74) is 4.27. The predicted molar refractivity (Wildman–Crippen MR) is 81.3 cm³/mol. The van der Waals surface area contributed by atoms with Gasteiger partial charge in [-0.15, -0.1) is 0 Å². The molecule has 0 spiro atoms. The molecule has 0 aliphatic heterocycles. The second-order valence-electron chi connectivity index (χ2n) is 5.80. The van der Waals surface area contributed by atoms with E-state index in [2.05, 4.69) is 23.4 Å². The van der Waals surface area contributed by atoms with E-state index < -0.39 is 0 Å². The number of aromatic nitrogens is 1. The average molecular weight is 277 g/mol. The van der Waals surface area contributed by atoms with Crippen LogP contribution in [0, 0.1) is 11.8 Å². The maximum Gasteiger partial charge on any atom is 0.212 e. The van der Waals surface area contributed by atoms with Crippen LogP contribution in [0.15, 0.2) is 18.3 Å². The molecule has 1 fully saturated rings. The van der Waals surface area contributed by atoms with Crippen LogP contribution in [0.3, 0.4) is 0 Å². The fourth-order valence-electron chi connectivity index (χ4n) is 3.51. The molecule has 20 heavy (non-hydrogen) atoms. The van der Waals surface area contributed by atoms with Crippen molar-refractivity contribution in [3.63, 3.8) is 0 Å². The molecule has 112 valence electrons. The molecule has 3 unspecified atom stereocenters. The summed E-state index contributed by atoms with van der Waals surface area (Å²) in [4.78, 5) is 4.28. The summed E-state index contributed by atoms with van der Waals surface area (Å²) >= 11 is 0. The van der Waals surface area contributed by atoms with E-state index in [0.29, 0.717) is 17.8 Å². The highest BCUT2D eigenvalue weighted by Crippen LogP contribution is 2.35. The lowest BCUT2D eigenvalue weighted by molar-refractivity contribution is 0.174. The lowest BCUT2D eigenvalue weighted by Crippen LogP contribution is -2.46. The number of hydrazine groups is 1. The van der Waals surface area contributed by atoms with Gasteiger partial charge in [-0.3, -0.25) is 11.3 Å². The van der Waals surface area contributed by atoms with Crippen LogP contribution in [0.2, 0.25) is 0 Å². The van der Waals surface area contributed by atoms with Crippen LogP contribution in [-0.4, -0.2) is 18.1 Å². The zero-order valence-electron chi connectivity index (χ0n) is 12.6. The van der Waals surface area contributed by atoms with Crippen molar-refractivity contribution in [3.8, 4) is 5.88 Å². The fourth-order valence-corrected chi connectivity index (χ4v) is 3.51. The molecule has 2 rings (SSSR count). The van der Waals surface area contributed by atoms with Gasteiger partial charge in [-0.2, -0.15) is 0 Å². The van der Waals surface area contributed by atoms with Crippen LogP contribution in [-0.2, 0) is 6.42 Å². The number of hydrogen-bond acceptors (Lipinski definition) is 4. The number of rotatable bonds is 6. The lowest BCUT2D eigenvalue weighted by atomic mass is 9.73. The molecule has 1 aromatic heterocycles. The van der Waals surface area contributed by atoms with Crippen molar-refractivity contribution < 1.29 is 4.74 Å². The number of methoxy groups -OCH3 is 1. The van der Waals surface area contributed by atoms with Gasteiger partial charge in [-0.05, 0) is 30.2 Å². The quantitative estimate of drug-likeness (QED) is 0.620. The topological polar surface area (TPSA) is 60.2 Å². The van der Waals surface area contributed by atoms with Crippen molar-refractivity contribution in [1.82, 2.24) is 10.4 Å². The van der Waals surface area contributed by atoms with Gasteiger partial charge in [0, 0.05) is 18.3 Å². The Morgan fingerprint density at radius 2 is 2.20 bits per heavy atom. The predicted octanol–water partition coefficient (Wildman–Crippen LogP) is 2.68. The van der Waals surface area contributed by atoms with E-state index in [4.69, 9.17) is 10.6 Å². The van der Waals surface area contributed by atoms with Crippen LogP contribution >= 0.6 is 0 Å². The standard InChI is InChI=1S/C16H27N3O/c1-3-13-6-4-5-7-14(13)15(19-17)10-12-8-9-16(20-2)18-11-12/h8-9,11,13-15,19H,3-7,10,17H2,1-2H3. The number of nitrogens with one attached hydrogen (secondary N) is 1. The molecule has 0 saturated heterocycles. The minimum absolute atomic E-state index is 0.343. The van der Waals surface area contributed by atoms with Crippen molar-refractivity contribution in [1.29, 1.82) is 0 Å². The maximum absolute atomic E-state index is 5.83. The van der Waals surface area contributed by atoms with E-state index in [1.807, 2.05) is 12.3 Å². The molecule has 1 aliphatic rings. The van der Waals surface area contributed by atoms with Crippen LogP contribution in [0.25, 0.3) is 0 Å². The first kappa shape index (κ1) is 15.3. The Kier molecular flexibility index (Phi) is 5.80. The normalized spacial score (nSPS) is 24.4. The molecule has 1 aromatic rings. The first-order valence-corrected chi connectivity index (χ1v) is 7.73. The van der Waals surface area contributed by atoms with E-state index in [1.54, 1.807) is 7.11 Å². The lowest BCUT2D eigenvalue weighted by Gasteiger charge is -2.36. The molecule has 3 N–H and O–H groups in total. The van der Waals surface area contributed by atoms with Gasteiger partial charge in [0.1, 0.15) is 0 Å². The third-order valence-corrected chi connectivity index (χ3v) is 4.69. The smallest absolute Gasteiger partial charge is 0.212 e. The van der Waals surface area contributed by atoms with Crippen molar-refractivity contribution >= 4 is 0 Å². The van der Waals surface area contributed by atoms with E-state index in [-0.39, 0.29) is 0 Å². The highest BCUT2D eigenvalue weighted by atomic mass is 16.5. The molecule has 0 bridgehead atoms. The van der Waals surface area contributed by atoms with Gasteiger partial charge in [0.2, 0.25) is 5.88 Å². The second kappa shape index (κ2) is 7.60. The Balaban J connectivity index is 2.02. The Hall–Kier alpha value is -1.13. The molecule has 4 nitrogen and oxygen atoms in total. The molecule has 0 radical (unpaired) electrons. The zero-order chi connectivity index (χ0) is 14.4. The highest BCUT2D eigenvalue weighted by molar-refractivity contribution is 5.18. The highest BCUT2D eigenvalue weighted by Gasteiger charge is 2.30. The van der Waals surface area contributed by atoms with Gasteiger partial charge in [0.05, 0.1) is 7.11 Å². The van der Waals surface area contributed by atoms with Gasteiger partial charge >= 0.3 is 0 Å². The van der Waals surface area contributed by atoms with Crippen molar-refractivity contribution in [3.05, 3.63) is 23.9 Å². The third-order valence-electron chi connectivity index (χ3n) is 4.69. The number of pyridine rings is 1. The molecule has 0 amide bonds. The Morgan fingerprint density at radius 1 is 1.40 bits per heavy atom. The van der Waals surface area contributed by atoms with Crippen molar-refractivity contribution in [2.24, 2.45) is 17.7 Å².